The lowest BCUT2D eigenvalue weighted by molar-refractivity contribution is 0.0739. The minimum atomic E-state index is 0.321. The summed E-state index contributed by atoms with van der Waals surface area (Å²) in [7, 11) is 4.32. The van der Waals surface area contributed by atoms with Crippen LogP contribution in [0.2, 0.25) is 0 Å². The fourth-order valence-electron chi connectivity index (χ4n) is 2.53. The van der Waals surface area contributed by atoms with Crippen LogP contribution in [0.5, 0.6) is 0 Å². The highest BCUT2D eigenvalue weighted by molar-refractivity contribution is 5.51. The highest BCUT2D eigenvalue weighted by Crippen LogP contribution is 2.36. The van der Waals surface area contributed by atoms with E-state index in [1.807, 2.05) is 19.1 Å². The zero-order chi connectivity index (χ0) is 13.2. The molecule has 1 saturated carbocycles. The number of benzene rings is 1. The molecule has 0 atom stereocenters. The number of rotatable bonds is 4. The lowest BCUT2D eigenvalue weighted by Gasteiger charge is -2.47. The van der Waals surface area contributed by atoms with Crippen molar-refractivity contribution in [1.29, 1.82) is 5.26 Å². The quantitative estimate of drug-likeness (QED) is 0.883. The highest BCUT2D eigenvalue weighted by atomic mass is 15.2. The van der Waals surface area contributed by atoms with Gasteiger partial charge in [-0.05, 0) is 64.0 Å². The molecule has 3 heteroatoms. The first-order valence-corrected chi connectivity index (χ1v) is 6.49. The van der Waals surface area contributed by atoms with Crippen LogP contribution in [-0.4, -0.2) is 31.1 Å². The van der Waals surface area contributed by atoms with Crippen LogP contribution in [-0.2, 0) is 0 Å². The molecule has 0 aromatic heterocycles. The third-order valence-corrected chi connectivity index (χ3v) is 4.20. The van der Waals surface area contributed by atoms with Crippen molar-refractivity contribution in [1.82, 2.24) is 4.90 Å². The number of hydrogen-bond donors (Lipinski definition) is 1. The van der Waals surface area contributed by atoms with E-state index in [1.54, 1.807) is 0 Å². The Balaban J connectivity index is 2.02. The summed E-state index contributed by atoms with van der Waals surface area (Å²) in [6.07, 6.45) is 3.86. The van der Waals surface area contributed by atoms with Gasteiger partial charge in [0.2, 0.25) is 0 Å². The first-order chi connectivity index (χ1) is 8.57. The molecule has 1 aliphatic rings. The lowest BCUT2D eigenvalue weighted by Crippen LogP contribution is -2.54. The van der Waals surface area contributed by atoms with Gasteiger partial charge in [-0.15, -0.1) is 0 Å². The lowest BCUT2D eigenvalue weighted by atomic mass is 9.75. The predicted octanol–water partition coefficient (Wildman–Crippen LogP) is 2.76. The average Bonchev–Trinajstić information content (AvgIpc) is 2.27. The summed E-state index contributed by atoms with van der Waals surface area (Å²) < 4.78 is 0. The van der Waals surface area contributed by atoms with E-state index in [2.05, 4.69) is 36.4 Å². The zero-order valence-corrected chi connectivity index (χ0v) is 11.5. The van der Waals surface area contributed by atoms with E-state index in [1.165, 1.54) is 19.3 Å². The van der Waals surface area contributed by atoms with Crippen molar-refractivity contribution < 1.29 is 0 Å². The number of nitrogens with zero attached hydrogens (tertiary/aromatic N) is 2. The first-order valence-electron chi connectivity index (χ1n) is 6.49. The number of aryl methyl sites for hydroxylation is 1. The van der Waals surface area contributed by atoms with Crippen molar-refractivity contribution in [3.8, 4) is 6.07 Å². The predicted molar refractivity (Wildman–Crippen MR) is 74.7 cm³/mol. The van der Waals surface area contributed by atoms with Gasteiger partial charge in [-0.3, -0.25) is 0 Å². The van der Waals surface area contributed by atoms with Gasteiger partial charge in [-0.25, -0.2) is 0 Å². The van der Waals surface area contributed by atoms with E-state index >= 15 is 0 Å². The molecule has 1 aliphatic carbocycles. The summed E-state index contributed by atoms with van der Waals surface area (Å²) >= 11 is 0. The van der Waals surface area contributed by atoms with Crippen LogP contribution in [0.3, 0.4) is 0 Å². The van der Waals surface area contributed by atoms with Crippen LogP contribution in [0.1, 0.15) is 30.4 Å². The summed E-state index contributed by atoms with van der Waals surface area (Å²) in [5, 5.41) is 12.4. The molecular formula is C15H21N3. The first kappa shape index (κ1) is 12.9. The minimum absolute atomic E-state index is 0.321. The Hall–Kier alpha value is -1.53. The number of likely N-dealkylation sites (N-methyl/N-ethyl adjacent to an activating group) is 1. The van der Waals surface area contributed by atoms with Crippen LogP contribution in [0, 0.1) is 18.3 Å². The van der Waals surface area contributed by atoms with Gasteiger partial charge >= 0.3 is 0 Å². The highest BCUT2D eigenvalue weighted by Gasteiger charge is 2.38. The third-order valence-electron chi connectivity index (χ3n) is 4.20. The zero-order valence-electron chi connectivity index (χ0n) is 11.5. The molecule has 1 fully saturated rings. The van der Waals surface area contributed by atoms with Crippen molar-refractivity contribution in [2.45, 2.75) is 31.7 Å². The molecule has 0 bridgehead atoms. The number of hydrogen-bond acceptors (Lipinski definition) is 3. The fourth-order valence-corrected chi connectivity index (χ4v) is 2.53. The van der Waals surface area contributed by atoms with Crippen LogP contribution in [0.4, 0.5) is 5.69 Å². The summed E-state index contributed by atoms with van der Waals surface area (Å²) in [6, 6.07) is 8.14. The maximum atomic E-state index is 8.91. The molecule has 0 aliphatic heterocycles. The maximum Gasteiger partial charge on any atom is 0.0994 e. The van der Waals surface area contributed by atoms with Gasteiger partial charge in [0.15, 0.2) is 0 Å². The van der Waals surface area contributed by atoms with Crippen molar-refractivity contribution in [3.63, 3.8) is 0 Å². The minimum Gasteiger partial charge on any atom is -0.383 e. The second-order valence-corrected chi connectivity index (χ2v) is 5.47. The monoisotopic (exact) mass is 243 g/mol. The molecule has 1 aromatic carbocycles. The number of nitrogens with one attached hydrogen (secondary N) is 1. The second kappa shape index (κ2) is 4.99. The Labute approximate surface area is 109 Å². The maximum absolute atomic E-state index is 8.91. The largest absolute Gasteiger partial charge is 0.383 e. The third kappa shape index (κ3) is 2.34. The second-order valence-electron chi connectivity index (χ2n) is 5.47. The van der Waals surface area contributed by atoms with Gasteiger partial charge in [-0.1, -0.05) is 0 Å². The Bertz CT molecular complexity index is 467. The number of anilines is 1. The van der Waals surface area contributed by atoms with Crippen molar-refractivity contribution in [3.05, 3.63) is 29.3 Å². The standard InChI is InChI=1S/C15H21N3/c1-12-9-14(6-5-13(12)10-16)17-11-15(18(2)3)7-4-8-15/h5-6,9,17H,4,7-8,11H2,1-3H3. The smallest absolute Gasteiger partial charge is 0.0994 e. The Morgan fingerprint density at radius 3 is 2.56 bits per heavy atom. The molecule has 3 nitrogen and oxygen atoms in total. The van der Waals surface area contributed by atoms with E-state index in [0.29, 0.717) is 5.54 Å². The van der Waals surface area contributed by atoms with Gasteiger partial charge in [0.1, 0.15) is 0 Å². The summed E-state index contributed by atoms with van der Waals surface area (Å²) in [5.74, 6) is 0. The van der Waals surface area contributed by atoms with Crippen LogP contribution in [0.25, 0.3) is 0 Å². The van der Waals surface area contributed by atoms with Crippen molar-refractivity contribution in [2.75, 3.05) is 26.0 Å². The molecule has 0 spiro atoms. The Morgan fingerprint density at radius 1 is 1.39 bits per heavy atom. The Kier molecular flexibility index (Phi) is 3.58. The molecular weight excluding hydrogens is 222 g/mol. The van der Waals surface area contributed by atoms with Crippen LogP contribution < -0.4 is 5.32 Å². The fraction of sp³-hybridized carbons (Fsp3) is 0.533. The van der Waals surface area contributed by atoms with E-state index in [9.17, 15) is 0 Å². The number of nitriles is 1. The molecule has 1 N–H and O–H groups in total. The van der Waals surface area contributed by atoms with Crippen molar-refractivity contribution >= 4 is 5.69 Å². The van der Waals surface area contributed by atoms with E-state index in [4.69, 9.17) is 5.26 Å². The van der Waals surface area contributed by atoms with Gasteiger partial charge in [0.05, 0.1) is 11.6 Å². The molecule has 0 amide bonds. The SMILES string of the molecule is Cc1cc(NCC2(N(C)C)CCC2)ccc1C#N. The van der Waals surface area contributed by atoms with Gasteiger partial charge in [0, 0.05) is 17.8 Å². The molecule has 2 rings (SSSR count). The normalized spacial score (nSPS) is 17.1. The van der Waals surface area contributed by atoms with Gasteiger partial charge in [-0.2, -0.15) is 5.26 Å². The average molecular weight is 243 g/mol. The van der Waals surface area contributed by atoms with Gasteiger partial charge < -0.3 is 10.2 Å². The molecule has 0 heterocycles. The Morgan fingerprint density at radius 2 is 2.11 bits per heavy atom. The summed E-state index contributed by atoms with van der Waals surface area (Å²) in [6.45, 7) is 2.96. The van der Waals surface area contributed by atoms with E-state index in [-0.39, 0.29) is 0 Å². The van der Waals surface area contributed by atoms with E-state index < -0.39 is 0 Å². The van der Waals surface area contributed by atoms with Crippen molar-refractivity contribution in [2.24, 2.45) is 0 Å². The molecule has 96 valence electrons. The van der Waals surface area contributed by atoms with Gasteiger partial charge in [0.25, 0.3) is 0 Å². The molecule has 0 radical (unpaired) electrons. The van der Waals surface area contributed by atoms with Crippen LogP contribution >= 0.6 is 0 Å². The molecule has 0 saturated heterocycles. The van der Waals surface area contributed by atoms with Crippen LogP contribution in [0.15, 0.2) is 18.2 Å². The van der Waals surface area contributed by atoms with E-state index in [0.717, 1.165) is 23.4 Å². The summed E-state index contributed by atoms with van der Waals surface area (Å²) in [5.41, 5.74) is 3.23. The molecule has 1 aromatic rings. The molecule has 18 heavy (non-hydrogen) atoms. The summed E-state index contributed by atoms with van der Waals surface area (Å²) in [4.78, 5) is 2.33. The molecule has 0 unspecified atom stereocenters. The topological polar surface area (TPSA) is 39.1 Å².